The third kappa shape index (κ3) is 4.09. The highest BCUT2D eigenvalue weighted by molar-refractivity contribution is 6.24. The van der Waals surface area contributed by atoms with Crippen LogP contribution in [-0.2, 0) is 18.0 Å². The molecular formula is C23H24ClF2N5O. The lowest BCUT2D eigenvalue weighted by Gasteiger charge is -2.41. The van der Waals surface area contributed by atoms with Gasteiger partial charge in [0.1, 0.15) is 18.2 Å². The van der Waals surface area contributed by atoms with Crippen LogP contribution in [0.25, 0.3) is 5.69 Å². The number of aromatic nitrogens is 4. The summed E-state index contributed by atoms with van der Waals surface area (Å²) < 4.78 is 34.6. The molecule has 1 aromatic carbocycles. The molecule has 3 aromatic rings. The number of benzene rings is 1. The van der Waals surface area contributed by atoms with Crippen LogP contribution in [-0.4, -0.2) is 32.5 Å². The van der Waals surface area contributed by atoms with E-state index in [1.165, 1.54) is 12.1 Å². The minimum atomic E-state index is -0.604. The molecule has 0 bridgehead atoms. The summed E-state index contributed by atoms with van der Waals surface area (Å²) in [5.41, 5.74) is 3.19. The number of nitrogens with zero attached hydrogens (tertiary/aromatic N) is 4. The molecule has 1 N–H and O–H groups in total. The van der Waals surface area contributed by atoms with E-state index >= 15 is 0 Å². The topological polar surface area (TPSA) is 64.9 Å². The van der Waals surface area contributed by atoms with Gasteiger partial charge in [-0.1, -0.05) is 12.1 Å². The van der Waals surface area contributed by atoms with E-state index in [-0.39, 0.29) is 12.0 Å². The summed E-state index contributed by atoms with van der Waals surface area (Å²) in [6.45, 7) is 0.902. The van der Waals surface area contributed by atoms with Gasteiger partial charge in [-0.05, 0) is 48.9 Å². The first-order chi connectivity index (χ1) is 15.6. The number of alkyl halides is 2. The molecule has 3 unspecified atom stereocenters. The predicted molar refractivity (Wildman–Crippen MR) is 116 cm³/mol. The standard InChI is InChI=1S/C23H24ClF2N5O/c24-23(17-1-3-19-16(9-17)11-27-13-21-30-29-14-31(19)21)7-5-20(15(10-23)6-8-25)32-22-4-2-18(26)12-28-22/h1-4,9,12,14-15,20,27H,5-8,10-11,13H2. The SMILES string of the molecule is FCCC1CC(Cl)(c2ccc3c(c2)CNCc2nncn2-3)CCC1Oc1ccc(F)cn1. The number of nitrogens with one attached hydrogen (secondary N) is 1. The van der Waals surface area contributed by atoms with E-state index < -0.39 is 17.4 Å². The van der Waals surface area contributed by atoms with Gasteiger partial charge in [-0.25, -0.2) is 9.37 Å². The molecule has 2 aliphatic rings. The second-order valence-electron chi connectivity index (χ2n) is 8.48. The van der Waals surface area contributed by atoms with Gasteiger partial charge in [0.25, 0.3) is 0 Å². The molecule has 1 aliphatic heterocycles. The summed E-state index contributed by atoms with van der Waals surface area (Å²) in [6.07, 6.45) is 4.94. The normalized spacial score (nSPS) is 25.0. The Kier molecular flexibility index (Phi) is 5.82. The number of halogens is 3. The Morgan fingerprint density at radius 3 is 2.97 bits per heavy atom. The van der Waals surface area contributed by atoms with Crippen molar-refractivity contribution >= 4 is 11.6 Å². The molecule has 3 atom stereocenters. The van der Waals surface area contributed by atoms with E-state index in [9.17, 15) is 8.78 Å². The Labute approximate surface area is 190 Å². The largest absolute Gasteiger partial charge is 0.474 e. The van der Waals surface area contributed by atoms with Gasteiger partial charge < -0.3 is 10.1 Å². The van der Waals surface area contributed by atoms with Crippen LogP contribution in [0.3, 0.4) is 0 Å². The molecule has 0 amide bonds. The van der Waals surface area contributed by atoms with Gasteiger partial charge in [-0.2, -0.15) is 0 Å². The highest BCUT2D eigenvalue weighted by Gasteiger charge is 2.42. The average molecular weight is 460 g/mol. The fourth-order valence-electron chi connectivity index (χ4n) is 4.82. The molecule has 1 saturated carbocycles. The van der Waals surface area contributed by atoms with Crippen LogP contribution in [0.2, 0.25) is 0 Å². The average Bonchev–Trinajstić information content (AvgIpc) is 3.18. The number of hydrogen-bond donors (Lipinski definition) is 1. The highest BCUT2D eigenvalue weighted by Crippen LogP contribution is 2.47. The lowest BCUT2D eigenvalue weighted by molar-refractivity contribution is 0.0627. The van der Waals surface area contributed by atoms with Gasteiger partial charge >= 0.3 is 0 Å². The van der Waals surface area contributed by atoms with Crippen molar-refractivity contribution in [1.29, 1.82) is 0 Å². The Morgan fingerprint density at radius 1 is 1.25 bits per heavy atom. The molecule has 1 aliphatic carbocycles. The molecule has 1 fully saturated rings. The van der Waals surface area contributed by atoms with Crippen LogP contribution < -0.4 is 10.1 Å². The van der Waals surface area contributed by atoms with E-state index in [1.54, 1.807) is 6.33 Å². The molecule has 0 radical (unpaired) electrons. The van der Waals surface area contributed by atoms with Crippen LogP contribution in [0.5, 0.6) is 5.88 Å². The number of hydrogen-bond acceptors (Lipinski definition) is 5. The molecule has 0 saturated heterocycles. The summed E-state index contributed by atoms with van der Waals surface area (Å²) in [4.78, 5) is 3.39. The molecule has 6 nitrogen and oxygen atoms in total. The number of ether oxygens (including phenoxy) is 1. The maximum Gasteiger partial charge on any atom is 0.213 e. The van der Waals surface area contributed by atoms with Crippen molar-refractivity contribution < 1.29 is 13.5 Å². The minimum absolute atomic E-state index is 0.0699. The van der Waals surface area contributed by atoms with Gasteiger partial charge in [0.2, 0.25) is 5.88 Å². The number of fused-ring (bicyclic) bond motifs is 3. The van der Waals surface area contributed by atoms with Crippen molar-refractivity contribution in [3.8, 4) is 11.6 Å². The van der Waals surface area contributed by atoms with E-state index in [4.69, 9.17) is 16.3 Å². The van der Waals surface area contributed by atoms with Crippen LogP contribution in [0.1, 0.15) is 42.6 Å². The monoisotopic (exact) mass is 459 g/mol. The fourth-order valence-corrected chi connectivity index (χ4v) is 5.24. The zero-order valence-corrected chi connectivity index (χ0v) is 18.2. The molecule has 9 heteroatoms. The minimum Gasteiger partial charge on any atom is -0.474 e. The lowest BCUT2D eigenvalue weighted by Crippen LogP contribution is -2.39. The third-order valence-corrected chi connectivity index (χ3v) is 7.02. The smallest absolute Gasteiger partial charge is 0.213 e. The van der Waals surface area contributed by atoms with Crippen LogP contribution >= 0.6 is 11.6 Å². The fraction of sp³-hybridized carbons (Fsp3) is 0.435. The van der Waals surface area contributed by atoms with Gasteiger partial charge in [0.05, 0.1) is 30.0 Å². The molecule has 3 heterocycles. The molecule has 2 aromatic heterocycles. The van der Waals surface area contributed by atoms with E-state index in [1.807, 2.05) is 4.57 Å². The van der Waals surface area contributed by atoms with E-state index in [2.05, 4.69) is 38.7 Å². The number of pyridine rings is 1. The summed E-state index contributed by atoms with van der Waals surface area (Å²) in [7, 11) is 0. The Bertz CT molecular complexity index is 1090. The first-order valence-electron chi connectivity index (χ1n) is 10.8. The summed E-state index contributed by atoms with van der Waals surface area (Å²) >= 11 is 7.19. The molecule has 32 heavy (non-hydrogen) atoms. The quantitative estimate of drug-likeness (QED) is 0.571. The van der Waals surface area contributed by atoms with Gasteiger partial charge in [-0.15, -0.1) is 21.8 Å². The van der Waals surface area contributed by atoms with Crippen LogP contribution in [0.4, 0.5) is 8.78 Å². The van der Waals surface area contributed by atoms with Crippen molar-refractivity contribution in [2.45, 2.75) is 49.8 Å². The van der Waals surface area contributed by atoms with E-state index in [0.29, 0.717) is 44.7 Å². The van der Waals surface area contributed by atoms with Crippen molar-refractivity contribution in [1.82, 2.24) is 25.1 Å². The Balaban J connectivity index is 1.38. The van der Waals surface area contributed by atoms with Crippen molar-refractivity contribution in [2.75, 3.05) is 6.67 Å². The zero-order chi connectivity index (χ0) is 22.1. The highest BCUT2D eigenvalue weighted by atomic mass is 35.5. The maximum absolute atomic E-state index is 13.4. The summed E-state index contributed by atoms with van der Waals surface area (Å²) in [5, 5.41) is 11.6. The number of rotatable bonds is 5. The van der Waals surface area contributed by atoms with Crippen LogP contribution in [0.15, 0.2) is 42.9 Å². The molecular weight excluding hydrogens is 436 g/mol. The second-order valence-corrected chi connectivity index (χ2v) is 9.20. The second kappa shape index (κ2) is 8.75. The van der Waals surface area contributed by atoms with Gasteiger partial charge in [0.15, 0.2) is 5.82 Å². The predicted octanol–water partition coefficient (Wildman–Crippen LogP) is 4.45. The van der Waals surface area contributed by atoms with E-state index in [0.717, 1.165) is 28.8 Å². The first-order valence-corrected chi connectivity index (χ1v) is 11.2. The third-order valence-electron chi connectivity index (χ3n) is 6.46. The lowest BCUT2D eigenvalue weighted by atomic mass is 9.74. The summed E-state index contributed by atoms with van der Waals surface area (Å²) in [5.74, 6) is 0.729. The molecule has 168 valence electrons. The van der Waals surface area contributed by atoms with Crippen molar-refractivity contribution in [2.24, 2.45) is 5.92 Å². The molecule has 5 rings (SSSR count). The van der Waals surface area contributed by atoms with Gasteiger partial charge in [-0.3, -0.25) is 8.96 Å². The van der Waals surface area contributed by atoms with Crippen molar-refractivity contribution in [3.05, 3.63) is 65.6 Å². The first kappa shape index (κ1) is 21.3. The Hall–Kier alpha value is -2.58. The van der Waals surface area contributed by atoms with Gasteiger partial charge in [0, 0.05) is 18.5 Å². The van der Waals surface area contributed by atoms with Crippen LogP contribution in [0, 0.1) is 11.7 Å². The summed E-state index contributed by atoms with van der Waals surface area (Å²) in [6, 6.07) is 9.06. The van der Waals surface area contributed by atoms with Crippen molar-refractivity contribution in [3.63, 3.8) is 0 Å². The Morgan fingerprint density at radius 2 is 2.16 bits per heavy atom. The zero-order valence-electron chi connectivity index (χ0n) is 17.5. The molecule has 0 spiro atoms. The maximum atomic E-state index is 13.4.